The number of likely N-dealkylation sites (N-methyl/N-ethyl adjacent to an activating group) is 1. The molecule has 0 spiro atoms. The highest BCUT2D eigenvalue weighted by atomic mass is 16.3. The fourth-order valence-electron chi connectivity index (χ4n) is 2.39. The van der Waals surface area contributed by atoms with Crippen molar-refractivity contribution in [3.05, 3.63) is 60.2 Å². The quantitative estimate of drug-likeness (QED) is 0.879. The van der Waals surface area contributed by atoms with Crippen molar-refractivity contribution in [2.45, 2.75) is 12.3 Å². The van der Waals surface area contributed by atoms with Gasteiger partial charge in [-0.1, -0.05) is 37.3 Å². The van der Waals surface area contributed by atoms with Crippen molar-refractivity contribution in [2.24, 2.45) is 0 Å². The Morgan fingerprint density at radius 3 is 2.15 bits per heavy atom. The number of nitrogens with zero attached hydrogens (tertiary/aromatic N) is 1. The van der Waals surface area contributed by atoms with E-state index in [0.29, 0.717) is 6.54 Å². The van der Waals surface area contributed by atoms with Gasteiger partial charge in [-0.05, 0) is 29.8 Å². The molecule has 0 amide bonds. The van der Waals surface area contributed by atoms with Crippen LogP contribution in [0.15, 0.2) is 54.6 Å². The second kappa shape index (κ2) is 5.97. The Morgan fingerprint density at radius 2 is 1.60 bits per heavy atom. The van der Waals surface area contributed by atoms with E-state index in [1.165, 1.54) is 0 Å². The first-order valence-corrected chi connectivity index (χ1v) is 6.72. The number of phenols is 1. The van der Waals surface area contributed by atoms with E-state index in [9.17, 15) is 10.2 Å². The molecule has 0 fully saturated rings. The van der Waals surface area contributed by atoms with Gasteiger partial charge in [0.25, 0.3) is 0 Å². The van der Waals surface area contributed by atoms with Gasteiger partial charge in [0.2, 0.25) is 0 Å². The van der Waals surface area contributed by atoms with Crippen molar-refractivity contribution >= 4 is 5.69 Å². The molecule has 2 aromatic rings. The fourth-order valence-corrected chi connectivity index (χ4v) is 2.39. The van der Waals surface area contributed by atoms with Crippen molar-refractivity contribution in [3.8, 4) is 5.75 Å². The molecule has 1 unspecified atom stereocenters. The van der Waals surface area contributed by atoms with Gasteiger partial charge in [0.05, 0.1) is 6.61 Å². The van der Waals surface area contributed by atoms with E-state index >= 15 is 0 Å². The molecule has 0 saturated carbocycles. The lowest BCUT2D eigenvalue weighted by molar-refractivity contribution is 0.209. The number of hydrogen-bond donors (Lipinski definition) is 2. The summed E-state index contributed by atoms with van der Waals surface area (Å²) < 4.78 is 0. The molecule has 0 bridgehead atoms. The van der Waals surface area contributed by atoms with Crippen LogP contribution in [0, 0.1) is 0 Å². The van der Waals surface area contributed by atoms with Crippen molar-refractivity contribution in [1.29, 1.82) is 0 Å². The maximum Gasteiger partial charge on any atom is 0.115 e. The predicted octanol–water partition coefficient (Wildman–Crippen LogP) is 2.78. The third-order valence-corrected chi connectivity index (χ3v) is 3.70. The Kier molecular flexibility index (Phi) is 4.30. The molecule has 2 rings (SSSR count). The minimum Gasteiger partial charge on any atom is -0.508 e. The lowest BCUT2D eigenvalue weighted by Gasteiger charge is -2.34. The van der Waals surface area contributed by atoms with E-state index in [1.807, 2.05) is 49.5 Å². The van der Waals surface area contributed by atoms with Gasteiger partial charge in [-0.3, -0.25) is 0 Å². The standard InChI is InChI=1S/C17H21NO2/c1-17(13-19,14-6-4-3-5-7-14)12-18(2)15-8-10-16(20)11-9-15/h3-11,19-20H,12-13H2,1-2H3. The maximum atomic E-state index is 9.81. The number of aliphatic hydroxyl groups is 1. The molecular weight excluding hydrogens is 250 g/mol. The highest BCUT2D eigenvalue weighted by Gasteiger charge is 2.27. The first-order valence-electron chi connectivity index (χ1n) is 6.72. The van der Waals surface area contributed by atoms with Crippen LogP contribution in [0.25, 0.3) is 0 Å². The molecule has 20 heavy (non-hydrogen) atoms. The molecule has 0 radical (unpaired) electrons. The Morgan fingerprint density at radius 1 is 1.00 bits per heavy atom. The van der Waals surface area contributed by atoms with Crippen LogP contribution in [-0.4, -0.2) is 30.4 Å². The van der Waals surface area contributed by atoms with Crippen LogP contribution in [0.4, 0.5) is 5.69 Å². The fraction of sp³-hybridized carbons (Fsp3) is 0.294. The number of hydrogen-bond acceptors (Lipinski definition) is 3. The Bertz CT molecular complexity index is 539. The van der Waals surface area contributed by atoms with E-state index in [2.05, 4.69) is 11.8 Å². The second-order valence-electron chi connectivity index (χ2n) is 5.46. The SMILES string of the molecule is CN(CC(C)(CO)c1ccccc1)c1ccc(O)cc1. The van der Waals surface area contributed by atoms with Crippen LogP contribution >= 0.6 is 0 Å². The Labute approximate surface area is 120 Å². The molecule has 3 heteroatoms. The van der Waals surface area contributed by atoms with Gasteiger partial charge < -0.3 is 15.1 Å². The average Bonchev–Trinajstić information content (AvgIpc) is 2.48. The van der Waals surface area contributed by atoms with Gasteiger partial charge in [-0.25, -0.2) is 0 Å². The van der Waals surface area contributed by atoms with Gasteiger partial charge in [-0.15, -0.1) is 0 Å². The van der Waals surface area contributed by atoms with Crippen molar-refractivity contribution in [1.82, 2.24) is 0 Å². The highest BCUT2D eigenvalue weighted by molar-refractivity contribution is 5.49. The first kappa shape index (κ1) is 14.4. The van der Waals surface area contributed by atoms with E-state index in [0.717, 1.165) is 11.3 Å². The monoisotopic (exact) mass is 271 g/mol. The van der Waals surface area contributed by atoms with Crippen LogP contribution in [-0.2, 0) is 5.41 Å². The molecule has 2 aromatic carbocycles. The van der Waals surface area contributed by atoms with Crippen molar-refractivity contribution < 1.29 is 10.2 Å². The molecule has 106 valence electrons. The molecule has 0 saturated heterocycles. The molecule has 2 N–H and O–H groups in total. The van der Waals surface area contributed by atoms with Gasteiger partial charge in [0.1, 0.15) is 5.75 Å². The summed E-state index contributed by atoms with van der Waals surface area (Å²) in [6, 6.07) is 17.1. The lowest BCUT2D eigenvalue weighted by atomic mass is 9.82. The summed E-state index contributed by atoms with van der Waals surface area (Å²) in [5.74, 6) is 0.259. The third-order valence-electron chi connectivity index (χ3n) is 3.70. The zero-order chi connectivity index (χ0) is 14.6. The zero-order valence-corrected chi connectivity index (χ0v) is 12.0. The van der Waals surface area contributed by atoms with Gasteiger partial charge in [-0.2, -0.15) is 0 Å². The van der Waals surface area contributed by atoms with E-state index in [4.69, 9.17) is 0 Å². The smallest absolute Gasteiger partial charge is 0.115 e. The van der Waals surface area contributed by atoms with Crippen LogP contribution in [0.1, 0.15) is 12.5 Å². The summed E-state index contributed by atoms with van der Waals surface area (Å²) in [5, 5.41) is 19.1. The highest BCUT2D eigenvalue weighted by Crippen LogP contribution is 2.27. The van der Waals surface area contributed by atoms with Gasteiger partial charge in [0, 0.05) is 24.7 Å². The normalized spacial score (nSPS) is 13.8. The zero-order valence-electron chi connectivity index (χ0n) is 12.0. The summed E-state index contributed by atoms with van der Waals surface area (Å²) in [6.45, 7) is 2.83. The van der Waals surface area contributed by atoms with Crippen LogP contribution < -0.4 is 4.90 Å². The molecule has 0 aliphatic heterocycles. The first-order chi connectivity index (χ1) is 9.55. The topological polar surface area (TPSA) is 43.7 Å². The maximum absolute atomic E-state index is 9.81. The van der Waals surface area contributed by atoms with E-state index in [1.54, 1.807) is 12.1 Å². The largest absolute Gasteiger partial charge is 0.508 e. The number of benzene rings is 2. The molecule has 0 heterocycles. The van der Waals surface area contributed by atoms with Crippen molar-refractivity contribution in [3.63, 3.8) is 0 Å². The molecule has 3 nitrogen and oxygen atoms in total. The number of phenolic OH excluding ortho intramolecular Hbond substituents is 1. The summed E-state index contributed by atoms with van der Waals surface area (Å²) in [4.78, 5) is 2.09. The van der Waals surface area contributed by atoms with Crippen LogP contribution in [0.3, 0.4) is 0 Å². The number of aliphatic hydroxyl groups excluding tert-OH is 1. The molecule has 0 aromatic heterocycles. The molecule has 1 atom stereocenters. The summed E-state index contributed by atoms with van der Waals surface area (Å²) >= 11 is 0. The molecular formula is C17H21NO2. The number of anilines is 1. The molecule has 0 aliphatic carbocycles. The summed E-state index contributed by atoms with van der Waals surface area (Å²) in [5.41, 5.74) is 1.81. The van der Waals surface area contributed by atoms with Crippen LogP contribution in [0.2, 0.25) is 0 Å². The lowest BCUT2D eigenvalue weighted by Crippen LogP contribution is -2.39. The minimum atomic E-state index is -0.325. The van der Waals surface area contributed by atoms with E-state index in [-0.39, 0.29) is 17.8 Å². The predicted molar refractivity (Wildman–Crippen MR) is 82.3 cm³/mol. The Hall–Kier alpha value is -2.00. The van der Waals surface area contributed by atoms with Crippen molar-refractivity contribution in [2.75, 3.05) is 25.1 Å². The van der Waals surface area contributed by atoms with Gasteiger partial charge in [0.15, 0.2) is 0 Å². The number of aromatic hydroxyl groups is 1. The minimum absolute atomic E-state index is 0.0828. The summed E-state index contributed by atoms with van der Waals surface area (Å²) in [6.07, 6.45) is 0. The van der Waals surface area contributed by atoms with Gasteiger partial charge >= 0.3 is 0 Å². The van der Waals surface area contributed by atoms with E-state index < -0.39 is 0 Å². The average molecular weight is 271 g/mol. The number of rotatable bonds is 5. The third kappa shape index (κ3) is 3.11. The molecule has 0 aliphatic rings. The second-order valence-corrected chi connectivity index (χ2v) is 5.46. The van der Waals surface area contributed by atoms with Crippen LogP contribution in [0.5, 0.6) is 5.75 Å². The Balaban J connectivity index is 2.19. The summed E-state index contributed by atoms with van der Waals surface area (Å²) in [7, 11) is 1.99.